The monoisotopic (exact) mass is 434 g/mol. The lowest BCUT2D eigenvalue weighted by atomic mass is 10.2. The summed E-state index contributed by atoms with van der Waals surface area (Å²) in [6.07, 6.45) is 0. The van der Waals surface area contributed by atoms with E-state index in [1.165, 1.54) is 0 Å². The van der Waals surface area contributed by atoms with Gasteiger partial charge in [0.15, 0.2) is 13.6 Å². The SMILES string of the molecule is COc1ccc(C(Br)C(Br)(Br)S(=O)O)cc1. The first kappa shape index (κ1) is 14.6. The maximum atomic E-state index is 11.1. The van der Waals surface area contributed by atoms with Crippen LogP contribution in [0, 0.1) is 0 Å². The second kappa shape index (κ2) is 5.95. The van der Waals surface area contributed by atoms with Gasteiger partial charge in [-0.25, -0.2) is 4.21 Å². The minimum atomic E-state index is -2.06. The van der Waals surface area contributed by atoms with Crippen molar-refractivity contribution < 1.29 is 13.5 Å². The summed E-state index contributed by atoms with van der Waals surface area (Å²) in [6.45, 7) is 0. The highest BCUT2D eigenvalue weighted by molar-refractivity contribution is 9.28. The van der Waals surface area contributed by atoms with Gasteiger partial charge in [-0.2, -0.15) is 0 Å². The molecule has 0 aliphatic carbocycles. The van der Waals surface area contributed by atoms with Crippen molar-refractivity contribution in [2.24, 2.45) is 0 Å². The van der Waals surface area contributed by atoms with Crippen LogP contribution in [0.25, 0.3) is 0 Å². The van der Waals surface area contributed by atoms with Crippen molar-refractivity contribution in [1.82, 2.24) is 0 Å². The van der Waals surface area contributed by atoms with Crippen LogP contribution in [-0.4, -0.2) is 18.4 Å². The standard InChI is InChI=1S/C9H9Br3O3S/c1-15-7-4-2-6(3-5-7)8(10)9(11,12)16(13)14/h2-5,8H,1H3,(H,13,14). The van der Waals surface area contributed by atoms with Gasteiger partial charge in [0.05, 0.1) is 11.9 Å². The zero-order chi connectivity index (χ0) is 12.3. The summed E-state index contributed by atoms with van der Waals surface area (Å²) in [5.74, 6) is 0.739. The molecule has 3 nitrogen and oxygen atoms in total. The second-order valence-electron chi connectivity index (χ2n) is 2.95. The molecular formula is C9H9Br3O3S. The zero-order valence-electron chi connectivity index (χ0n) is 8.19. The molecule has 1 aromatic carbocycles. The van der Waals surface area contributed by atoms with Crippen LogP contribution in [0.15, 0.2) is 24.3 Å². The number of hydrogen-bond acceptors (Lipinski definition) is 2. The first-order valence-corrected chi connectivity index (χ1v) is 7.77. The average Bonchev–Trinajstić information content (AvgIpc) is 2.28. The molecule has 0 fully saturated rings. The van der Waals surface area contributed by atoms with E-state index < -0.39 is 13.6 Å². The van der Waals surface area contributed by atoms with Crippen molar-refractivity contribution in [3.63, 3.8) is 0 Å². The fourth-order valence-electron chi connectivity index (χ4n) is 1.06. The molecule has 0 spiro atoms. The first-order chi connectivity index (χ1) is 7.39. The van der Waals surface area contributed by atoms with Gasteiger partial charge in [0.1, 0.15) is 5.75 Å². The molecule has 2 atom stereocenters. The van der Waals surface area contributed by atoms with Crippen molar-refractivity contribution in [2.45, 2.75) is 7.39 Å². The van der Waals surface area contributed by atoms with Crippen LogP contribution in [0.1, 0.15) is 10.4 Å². The molecule has 2 unspecified atom stereocenters. The largest absolute Gasteiger partial charge is 0.497 e. The van der Waals surface area contributed by atoms with E-state index in [1.54, 1.807) is 19.2 Å². The maximum Gasteiger partial charge on any atom is 0.196 e. The van der Waals surface area contributed by atoms with E-state index in [2.05, 4.69) is 47.8 Å². The summed E-state index contributed by atoms with van der Waals surface area (Å²) < 4.78 is 24.2. The Morgan fingerprint density at radius 1 is 1.38 bits per heavy atom. The number of benzene rings is 1. The molecule has 0 aliphatic heterocycles. The number of methoxy groups -OCH3 is 1. The molecule has 1 N–H and O–H groups in total. The van der Waals surface area contributed by atoms with Gasteiger partial charge in [0.25, 0.3) is 0 Å². The van der Waals surface area contributed by atoms with E-state index in [0.29, 0.717) is 0 Å². The van der Waals surface area contributed by atoms with Crippen LogP contribution in [0.3, 0.4) is 0 Å². The van der Waals surface area contributed by atoms with Gasteiger partial charge >= 0.3 is 0 Å². The fourth-order valence-corrected chi connectivity index (χ4v) is 2.68. The molecule has 0 bridgehead atoms. The van der Waals surface area contributed by atoms with Gasteiger partial charge in [-0.15, -0.1) is 0 Å². The molecule has 0 saturated heterocycles. The molecule has 0 aromatic heterocycles. The third kappa shape index (κ3) is 3.29. The fraction of sp³-hybridized carbons (Fsp3) is 0.333. The Hall–Kier alpha value is 0.570. The van der Waals surface area contributed by atoms with Crippen LogP contribution in [-0.2, 0) is 11.1 Å². The number of rotatable bonds is 4. The summed E-state index contributed by atoms with van der Waals surface area (Å²) in [5.41, 5.74) is 0.858. The molecule has 0 saturated carbocycles. The van der Waals surface area contributed by atoms with Crippen LogP contribution >= 0.6 is 47.8 Å². The third-order valence-corrected chi connectivity index (χ3v) is 7.96. The minimum absolute atomic E-state index is 0.350. The molecule has 16 heavy (non-hydrogen) atoms. The van der Waals surface area contributed by atoms with Gasteiger partial charge < -0.3 is 9.29 Å². The highest BCUT2D eigenvalue weighted by Crippen LogP contribution is 2.47. The zero-order valence-corrected chi connectivity index (χ0v) is 13.8. The van der Waals surface area contributed by atoms with Gasteiger partial charge in [0.2, 0.25) is 0 Å². The normalized spacial score (nSPS) is 15.6. The molecular weight excluding hydrogens is 428 g/mol. The van der Waals surface area contributed by atoms with Crippen molar-refractivity contribution in [3.8, 4) is 5.75 Å². The number of ether oxygens (including phenoxy) is 1. The average molecular weight is 437 g/mol. The van der Waals surface area contributed by atoms with Crippen molar-refractivity contribution in [3.05, 3.63) is 29.8 Å². The van der Waals surface area contributed by atoms with E-state index >= 15 is 0 Å². The summed E-state index contributed by atoms with van der Waals surface area (Å²) in [6, 6.07) is 7.23. The van der Waals surface area contributed by atoms with E-state index in [9.17, 15) is 4.21 Å². The minimum Gasteiger partial charge on any atom is -0.497 e. The Bertz CT molecular complexity index is 380. The number of hydrogen-bond donors (Lipinski definition) is 1. The first-order valence-electron chi connectivity index (χ1n) is 4.16. The van der Waals surface area contributed by atoms with Crippen LogP contribution in [0.5, 0.6) is 5.75 Å². The van der Waals surface area contributed by atoms with E-state index in [4.69, 9.17) is 9.29 Å². The molecule has 7 heteroatoms. The Kier molecular flexibility index (Phi) is 5.44. The lowest BCUT2D eigenvalue weighted by Gasteiger charge is -2.22. The molecule has 90 valence electrons. The van der Waals surface area contributed by atoms with Gasteiger partial charge in [0, 0.05) is 0 Å². The Labute approximate surface area is 122 Å². The summed E-state index contributed by atoms with van der Waals surface area (Å²) in [7, 11) is 1.59. The maximum absolute atomic E-state index is 11.1. The predicted molar refractivity (Wildman–Crippen MR) is 76.0 cm³/mol. The van der Waals surface area contributed by atoms with Gasteiger partial charge in [-0.3, -0.25) is 0 Å². The lowest BCUT2D eigenvalue weighted by molar-refractivity contribution is 0.414. The van der Waals surface area contributed by atoms with Crippen LogP contribution in [0.2, 0.25) is 0 Å². The van der Waals surface area contributed by atoms with Crippen LogP contribution < -0.4 is 4.74 Å². The van der Waals surface area contributed by atoms with E-state index in [-0.39, 0.29) is 4.83 Å². The Morgan fingerprint density at radius 3 is 2.25 bits per heavy atom. The quantitative estimate of drug-likeness (QED) is 0.577. The van der Waals surface area contributed by atoms with Gasteiger partial charge in [-0.1, -0.05) is 59.9 Å². The Morgan fingerprint density at radius 2 is 1.88 bits per heavy atom. The van der Waals surface area contributed by atoms with Crippen molar-refractivity contribution in [1.29, 1.82) is 0 Å². The highest BCUT2D eigenvalue weighted by Gasteiger charge is 2.39. The molecule has 1 rings (SSSR count). The van der Waals surface area contributed by atoms with Crippen LogP contribution in [0.4, 0.5) is 0 Å². The molecule has 0 amide bonds. The topological polar surface area (TPSA) is 46.5 Å². The Balaban J connectivity index is 2.96. The molecule has 1 aromatic rings. The molecule has 0 aliphatic rings. The van der Waals surface area contributed by atoms with E-state index in [1.807, 2.05) is 12.1 Å². The van der Waals surface area contributed by atoms with E-state index in [0.717, 1.165) is 11.3 Å². The summed E-state index contributed by atoms with van der Waals surface area (Å²) in [5, 5.41) is 0. The van der Waals surface area contributed by atoms with Gasteiger partial charge in [-0.05, 0) is 17.7 Å². The van der Waals surface area contributed by atoms with Crippen molar-refractivity contribution >= 4 is 58.9 Å². The molecule has 0 heterocycles. The third-order valence-electron chi connectivity index (χ3n) is 1.94. The summed E-state index contributed by atoms with van der Waals surface area (Å²) >= 11 is 7.65. The second-order valence-corrected chi connectivity index (χ2v) is 9.62. The number of alkyl halides is 3. The lowest BCUT2D eigenvalue weighted by Crippen LogP contribution is -2.23. The molecule has 0 radical (unpaired) electrons. The highest BCUT2D eigenvalue weighted by atomic mass is 79.9. The smallest absolute Gasteiger partial charge is 0.196 e. The predicted octanol–water partition coefficient (Wildman–Crippen LogP) is 3.80. The number of halogens is 3. The summed E-state index contributed by atoms with van der Waals surface area (Å²) in [4.78, 5) is -0.350. The van der Waals surface area contributed by atoms with Crippen molar-refractivity contribution in [2.75, 3.05) is 7.11 Å².